The molecule has 0 saturated carbocycles. The Kier molecular flexibility index (Phi) is 5.22. The van der Waals surface area contributed by atoms with Crippen molar-refractivity contribution < 1.29 is 0 Å². The van der Waals surface area contributed by atoms with Gasteiger partial charge in [0.15, 0.2) is 0 Å². The van der Waals surface area contributed by atoms with E-state index in [1.54, 1.807) is 0 Å². The van der Waals surface area contributed by atoms with E-state index in [1.807, 2.05) is 0 Å². The fourth-order valence-electron chi connectivity index (χ4n) is 6.15. The predicted octanol–water partition coefficient (Wildman–Crippen LogP) is 6.40. The second-order valence-electron chi connectivity index (χ2n) is 9.03. The average Bonchev–Trinajstić information content (AvgIpc) is 3.35. The summed E-state index contributed by atoms with van der Waals surface area (Å²) in [5.41, 5.74) is 4.29. The summed E-state index contributed by atoms with van der Waals surface area (Å²) >= 11 is 0. The van der Waals surface area contributed by atoms with Crippen LogP contribution in [-0.4, -0.2) is 27.9 Å². The van der Waals surface area contributed by atoms with Crippen LogP contribution in [0.3, 0.4) is 0 Å². The summed E-state index contributed by atoms with van der Waals surface area (Å²) in [7, 11) is 0. The van der Waals surface area contributed by atoms with Gasteiger partial charge in [-0.15, -0.1) is 0 Å². The number of likely N-dealkylation sites (tertiary alicyclic amines) is 2. The zero-order valence-corrected chi connectivity index (χ0v) is 18.2. The van der Waals surface area contributed by atoms with Gasteiger partial charge >= 0.3 is 0 Å². The molecule has 3 aromatic carbocycles. The van der Waals surface area contributed by atoms with Gasteiger partial charge in [0.2, 0.25) is 0 Å². The van der Waals surface area contributed by atoms with Crippen LogP contribution in [0.4, 0.5) is 0 Å². The molecule has 0 aromatic heterocycles. The monoisotopic (exact) mass is 396 g/mol. The highest BCUT2D eigenvalue weighted by molar-refractivity contribution is 5.30. The smallest absolute Gasteiger partial charge is 0.0514 e. The first-order valence-electron chi connectivity index (χ1n) is 11.4. The standard InChI is InChI=1S/C28H32N2/c1-20(23-13-7-4-8-14-23)29-22(3)26-19-27(29)28(25-17-11-6-12-18-25)30(26)21(2)24-15-9-5-10-16-24/h4-18,20-22,26-28H,19H2,1-3H3/t20-,21-,22?,26?,27?,28?/m1/s1. The molecule has 154 valence electrons. The maximum absolute atomic E-state index is 2.81. The van der Waals surface area contributed by atoms with Crippen LogP contribution in [0.2, 0.25) is 0 Å². The molecule has 0 spiro atoms. The third-order valence-corrected chi connectivity index (χ3v) is 7.56. The lowest BCUT2D eigenvalue weighted by atomic mass is 9.93. The molecule has 2 aliphatic heterocycles. The molecule has 5 rings (SSSR count). The van der Waals surface area contributed by atoms with Crippen LogP contribution in [0.25, 0.3) is 0 Å². The van der Waals surface area contributed by atoms with Crippen LogP contribution in [-0.2, 0) is 0 Å². The van der Waals surface area contributed by atoms with Crippen molar-refractivity contribution >= 4 is 0 Å². The zero-order chi connectivity index (χ0) is 20.7. The Labute approximate surface area is 181 Å². The molecule has 30 heavy (non-hydrogen) atoms. The Hall–Kier alpha value is -2.42. The van der Waals surface area contributed by atoms with Gasteiger partial charge in [-0.1, -0.05) is 91.0 Å². The first-order chi connectivity index (χ1) is 14.7. The van der Waals surface area contributed by atoms with Gasteiger partial charge in [-0.05, 0) is 43.9 Å². The van der Waals surface area contributed by atoms with Gasteiger partial charge in [0, 0.05) is 30.2 Å². The van der Waals surface area contributed by atoms with Crippen molar-refractivity contribution in [2.45, 2.75) is 63.4 Å². The molecule has 2 nitrogen and oxygen atoms in total. The summed E-state index contributed by atoms with van der Waals surface area (Å²) in [6.45, 7) is 7.22. The lowest BCUT2D eigenvalue weighted by Crippen LogP contribution is -2.54. The molecule has 3 aromatic rings. The van der Waals surface area contributed by atoms with E-state index in [2.05, 4.69) is 122 Å². The summed E-state index contributed by atoms with van der Waals surface area (Å²) in [6.07, 6.45) is 1.25. The number of nitrogens with zero attached hydrogens (tertiary/aromatic N) is 2. The first-order valence-corrected chi connectivity index (χ1v) is 11.4. The van der Waals surface area contributed by atoms with E-state index < -0.39 is 0 Å². The largest absolute Gasteiger partial charge is 0.287 e. The van der Waals surface area contributed by atoms with Crippen molar-refractivity contribution in [2.24, 2.45) is 0 Å². The zero-order valence-electron chi connectivity index (χ0n) is 18.2. The fraction of sp³-hybridized carbons (Fsp3) is 0.357. The Bertz CT molecular complexity index is 956. The van der Waals surface area contributed by atoms with Gasteiger partial charge in [-0.25, -0.2) is 0 Å². The Balaban J connectivity index is 1.53. The Morgan fingerprint density at radius 3 is 1.63 bits per heavy atom. The van der Waals surface area contributed by atoms with Gasteiger partial charge in [0.1, 0.15) is 0 Å². The first kappa shape index (κ1) is 19.5. The number of hydrogen-bond donors (Lipinski definition) is 0. The molecule has 0 amide bonds. The van der Waals surface area contributed by atoms with Crippen LogP contribution in [0.15, 0.2) is 91.0 Å². The fourth-order valence-corrected chi connectivity index (χ4v) is 6.15. The van der Waals surface area contributed by atoms with E-state index in [1.165, 1.54) is 23.1 Å². The lowest BCUT2D eigenvalue weighted by Gasteiger charge is -2.49. The quantitative estimate of drug-likeness (QED) is 0.492. The maximum Gasteiger partial charge on any atom is 0.0514 e. The summed E-state index contributed by atoms with van der Waals surface area (Å²) in [5.74, 6) is 0. The van der Waals surface area contributed by atoms with Crippen molar-refractivity contribution in [3.05, 3.63) is 108 Å². The van der Waals surface area contributed by atoms with Gasteiger partial charge in [-0.3, -0.25) is 9.80 Å². The van der Waals surface area contributed by atoms with Crippen molar-refractivity contribution in [1.82, 2.24) is 9.80 Å². The van der Waals surface area contributed by atoms with Crippen LogP contribution < -0.4 is 0 Å². The van der Waals surface area contributed by atoms with Crippen molar-refractivity contribution in [2.75, 3.05) is 0 Å². The second kappa shape index (κ2) is 8.02. The van der Waals surface area contributed by atoms with E-state index in [4.69, 9.17) is 0 Å². The lowest BCUT2D eigenvalue weighted by molar-refractivity contribution is -0.0132. The topological polar surface area (TPSA) is 6.48 Å². The molecule has 2 saturated heterocycles. The summed E-state index contributed by atoms with van der Waals surface area (Å²) in [6, 6.07) is 36.1. The van der Waals surface area contributed by atoms with Crippen molar-refractivity contribution in [1.29, 1.82) is 0 Å². The predicted molar refractivity (Wildman–Crippen MR) is 124 cm³/mol. The molecule has 6 atom stereocenters. The average molecular weight is 397 g/mol. The Morgan fingerprint density at radius 2 is 1.10 bits per heavy atom. The van der Waals surface area contributed by atoms with Crippen LogP contribution >= 0.6 is 0 Å². The molecule has 0 radical (unpaired) electrons. The number of hydrogen-bond acceptors (Lipinski definition) is 2. The third-order valence-electron chi connectivity index (χ3n) is 7.56. The SMILES string of the molecule is CC1C2CC(C(c3ccccc3)N2[C@H](C)c2ccccc2)N1[C@H](C)c1ccccc1. The summed E-state index contributed by atoms with van der Waals surface area (Å²) in [4.78, 5) is 5.61. The summed E-state index contributed by atoms with van der Waals surface area (Å²) in [5, 5.41) is 0. The second-order valence-corrected chi connectivity index (χ2v) is 9.03. The van der Waals surface area contributed by atoms with Crippen LogP contribution in [0, 0.1) is 0 Å². The minimum Gasteiger partial charge on any atom is -0.287 e. The van der Waals surface area contributed by atoms with E-state index in [0.717, 1.165) is 0 Å². The molecule has 4 unspecified atom stereocenters. The van der Waals surface area contributed by atoms with E-state index in [9.17, 15) is 0 Å². The molecular formula is C28H32N2. The molecule has 2 aliphatic rings. The van der Waals surface area contributed by atoms with E-state index in [-0.39, 0.29) is 0 Å². The van der Waals surface area contributed by atoms with Crippen LogP contribution in [0.5, 0.6) is 0 Å². The number of rotatable bonds is 5. The van der Waals surface area contributed by atoms with Gasteiger partial charge < -0.3 is 0 Å². The molecule has 2 bridgehead atoms. The molecule has 0 N–H and O–H groups in total. The molecular weight excluding hydrogens is 364 g/mol. The number of benzene rings is 3. The third kappa shape index (κ3) is 3.19. The van der Waals surface area contributed by atoms with Crippen LogP contribution in [0.1, 0.15) is 62.0 Å². The number of piperazine rings is 1. The normalized spacial score (nSPS) is 28.5. The van der Waals surface area contributed by atoms with Crippen molar-refractivity contribution in [3.8, 4) is 0 Å². The molecule has 2 fully saturated rings. The summed E-state index contributed by atoms with van der Waals surface area (Å²) < 4.78 is 0. The highest BCUT2D eigenvalue weighted by atomic mass is 15.4. The highest BCUT2D eigenvalue weighted by Gasteiger charge is 2.56. The maximum atomic E-state index is 2.81. The minimum atomic E-state index is 0.406. The molecule has 2 heterocycles. The van der Waals surface area contributed by atoms with Gasteiger partial charge in [-0.2, -0.15) is 0 Å². The highest BCUT2D eigenvalue weighted by Crippen LogP contribution is 2.53. The van der Waals surface area contributed by atoms with E-state index >= 15 is 0 Å². The molecule has 2 heteroatoms. The Morgan fingerprint density at radius 1 is 0.633 bits per heavy atom. The van der Waals surface area contributed by atoms with Gasteiger partial charge in [0.05, 0.1) is 6.04 Å². The van der Waals surface area contributed by atoms with E-state index in [0.29, 0.717) is 36.3 Å². The minimum absolute atomic E-state index is 0.406. The molecule has 0 aliphatic carbocycles. The number of fused-ring (bicyclic) bond motifs is 2. The van der Waals surface area contributed by atoms with Crippen molar-refractivity contribution in [3.63, 3.8) is 0 Å². The van der Waals surface area contributed by atoms with Gasteiger partial charge in [0.25, 0.3) is 0 Å².